The summed E-state index contributed by atoms with van der Waals surface area (Å²) in [5.41, 5.74) is 0. The Morgan fingerprint density at radius 1 is 1.38 bits per heavy atom. The van der Waals surface area contributed by atoms with Crippen molar-refractivity contribution in [3.05, 3.63) is 12.7 Å². The number of fused-ring (bicyclic) bond motifs is 1. The van der Waals surface area contributed by atoms with E-state index in [4.69, 9.17) is 0 Å². The molecule has 2 fully saturated rings. The van der Waals surface area contributed by atoms with E-state index in [-0.39, 0.29) is 18.0 Å². The van der Waals surface area contributed by atoms with Gasteiger partial charge in [-0.05, 0) is 38.5 Å². The Morgan fingerprint density at radius 2 is 2.10 bits per heavy atom. The fourth-order valence-electron chi connectivity index (χ4n) is 3.45. The maximum atomic E-state index is 12.3. The largest absolute Gasteiger partial charge is 0.340 e. The first kappa shape index (κ1) is 15.9. The van der Waals surface area contributed by atoms with Gasteiger partial charge in [-0.1, -0.05) is 6.08 Å². The molecule has 5 heteroatoms. The van der Waals surface area contributed by atoms with Crippen LogP contribution in [0.15, 0.2) is 12.7 Å². The molecular weight excluding hydrogens is 266 g/mol. The van der Waals surface area contributed by atoms with Gasteiger partial charge >= 0.3 is 6.03 Å². The summed E-state index contributed by atoms with van der Waals surface area (Å²) in [5.74, 6) is 1.16. The predicted molar refractivity (Wildman–Crippen MR) is 82.8 cm³/mol. The lowest BCUT2D eigenvalue weighted by molar-refractivity contribution is -0.133. The molecule has 0 unspecified atom stereocenters. The van der Waals surface area contributed by atoms with Crippen LogP contribution in [0.4, 0.5) is 4.79 Å². The summed E-state index contributed by atoms with van der Waals surface area (Å²) in [6, 6.07) is 0.259. The van der Waals surface area contributed by atoms with Crippen LogP contribution in [0, 0.1) is 11.8 Å². The second-order valence-corrected chi connectivity index (χ2v) is 6.40. The molecule has 3 amide bonds. The van der Waals surface area contributed by atoms with Gasteiger partial charge in [0.1, 0.15) is 0 Å². The lowest BCUT2D eigenvalue weighted by atomic mass is 9.82. The van der Waals surface area contributed by atoms with Gasteiger partial charge in [-0.15, -0.1) is 6.58 Å². The van der Waals surface area contributed by atoms with Crippen molar-refractivity contribution in [2.75, 3.05) is 26.2 Å². The molecule has 21 heavy (non-hydrogen) atoms. The van der Waals surface area contributed by atoms with Crippen LogP contribution in [0.2, 0.25) is 0 Å². The number of hydrogen-bond acceptors (Lipinski definition) is 2. The number of carbonyl (C=O) groups excluding carboxylic acids is 2. The summed E-state index contributed by atoms with van der Waals surface area (Å²) in [4.78, 5) is 28.2. The van der Waals surface area contributed by atoms with Crippen molar-refractivity contribution in [2.24, 2.45) is 11.8 Å². The van der Waals surface area contributed by atoms with Gasteiger partial charge in [0.2, 0.25) is 5.91 Å². The van der Waals surface area contributed by atoms with Crippen LogP contribution in [0.1, 0.15) is 33.1 Å². The van der Waals surface area contributed by atoms with E-state index in [2.05, 4.69) is 25.7 Å². The molecule has 2 atom stereocenters. The minimum atomic E-state index is -0.00959. The Kier molecular flexibility index (Phi) is 5.26. The molecule has 0 saturated carbocycles. The molecule has 1 N–H and O–H groups in total. The lowest BCUT2D eigenvalue weighted by Crippen LogP contribution is -2.48. The molecule has 2 heterocycles. The van der Waals surface area contributed by atoms with Crippen LogP contribution in [0.3, 0.4) is 0 Å². The summed E-state index contributed by atoms with van der Waals surface area (Å²) < 4.78 is 0. The Balaban J connectivity index is 1.96. The highest BCUT2D eigenvalue weighted by atomic mass is 16.2. The maximum Gasteiger partial charge on any atom is 0.317 e. The van der Waals surface area contributed by atoms with Gasteiger partial charge in [-0.3, -0.25) is 4.79 Å². The van der Waals surface area contributed by atoms with Crippen LogP contribution in [-0.4, -0.2) is 54.0 Å². The number of rotatable bonds is 3. The summed E-state index contributed by atoms with van der Waals surface area (Å²) in [6.45, 7) is 10.6. The van der Waals surface area contributed by atoms with Gasteiger partial charge in [0.05, 0.1) is 0 Å². The summed E-state index contributed by atoms with van der Waals surface area (Å²) in [7, 11) is 0. The fourth-order valence-corrected chi connectivity index (χ4v) is 3.45. The number of hydrogen-bond donors (Lipinski definition) is 1. The van der Waals surface area contributed by atoms with Crippen molar-refractivity contribution in [3.8, 4) is 0 Å². The van der Waals surface area contributed by atoms with E-state index in [0.29, 0.717) is 24.8 Å². The Labute approximate surface area is 127 Å². The van der Waals surface area contributed by atoms with Crippen molar-refractivity contribution < 1.29 is 9.59 Å². The van der Waals surface area contributed by atoms with Crippen LogP contribution in [0.25, 0.3) is 0 Å². The molecule has 2 saturated heterocycles. The third-order valence-electron chi connectivity index (χ3n) is 4.70. The predicted octanol–water partition coefficient (Wildman–Crippen LogP) is 1.85. The van der Waals surface area contributed by atoms with Crippen molar-refractivity contribution >= 4 is 11.9 Å². The molecule has 118 valence electrons. The number of nitrogens with zero attached hydrogens (tertiary/aromatic N) is 2. The first-order chi connectivity index (χ1) is 10.0. The summed E-state index contributed by atoms with van der Waals surface area (Å²) in [6.07, 6.45) is 4.27. The number of piperidine rings is 1. The molecule has 2 aliphatic rings. The number of likely N-dealkylation sites (tertiary alicyclic amines) is 2. The van der Waals surface area contributed by atoms with Crippen LogP contribution in [-0.2, 0) is 4.79 Å². The lowest BCUT2D eigenvalue weighted by Gasteiger charge is -2.37. The normalized spacial score (nSPS) is 26.3. The van der Waals surface area contributed by atoms with Gasteiger partial charge in [0.15, 0.2) is 0 Å². The number of urea groups is 1. The molecule has 0 aromatic carbocycles. The molecule has 0 spiro atoms. The van der Waals surface area contributed by atoms with Gasteiger partial charge < -0.3 is 15.1 Å². The van der Waals surface area contributed by atoms with Crippen molar-refractivity contribution in [1.29, 1.82) is 0 Å². The van der Waals surface area contributed by atoms with Gasteiger partial charge in [-0.2, -0.15) is 0 Å². The zero-order valence-electron chi connectivity index (χ0n) is 13.2. The van der Waals surface area contributed by atoms with Crippen LogP contribution >= 0.6 is 0 Å². The smallest absolute Gasteiger partial charge is 0.317 e. The van der Waals surface area contributed by atoms with E-state index < -0.39 is 0 Å². The first-order valence-corrected chi connectivity index (χ1v) is 7.96. The van der Waals surface area contributed by atoms with Crippen molar-refractivity contribution in [3.63, 3.8) is 0 Å². The zero-order valence-corrected chi connectivity index (χ0v) is 13.2. The van der Waals surface area contributed by atoms with E-state index in [0.717, 1.165) is 32.5 Å². The van der Waals surface area contributed by atoms with E-state index in [1.54, 1.807) is 6.08 Å². The number of amides is 3. The average molecular weight is 293 g/mol. The van der Waals surface area contributed by atoms with Crippen molar-refractivity contribution in [1.82, 2.24) is 15.1 Å². The second-order valence-electron chi connectivity index (χ2n) is 6.40. The molecule has 2 aliphatic heterocycles. The van der Waals surface area contributed by atoms with E-state index in [1.165, 1.54) is 0 Å². The molecule has 0 radical (unpaired) electrons. The van der Waals surface area contributed by atoms with E-state index in [9.17, 15) is 9.59 Å². The number of nitrogens with one attached hydrogen (secondary N) is 1. The Bertz CT molecular complexity index is 408. The van der Waals surface area contributed by atoms with Crippen molar-refractivity contribution in [2.45, 2.75) is 39.2 Å². The Hall–Kier alpha value is -1.52. The highest BCUT2D eigenvalue weighted by Gasteiger charge is 2.36. The zero-order chi connectivity index (χ0) is 15.4. The fraction of sp³-hybridized carbons (Fsp3) is 0.750. The standard InChI is InChI=1S/C16H27N3O2/c1-4-7-17-16(21)18-8-5-13-10-15(20)19(12(2)3)9-6-14(13)11-18/h4,12-14H,1,5-11H2,2-3H3,(H,17,21)/t13-,14-/m0/s1. The monoisotopic (exact) mass is 293 g/mol. The second kappa shape index (κ2) is 6.96. The Morgan fingerprint density at radius 3 is 2.76 bits per heavy atom. The number of carbonyl (C=O) groups is 2. The van der Waals surface area contributed by atoms with E-state index in [1.807, 2.05) is 9.80 Å². The molecule has 0 aromatic heterocycles. The molecule has 0 aromatic rings. The molecule has 0 bridgehead atoms. The maximum absolute atomic E-state index is 12.3. The summed E-state index contributed by atoms with van der Waals surface area (Å²) in [5, 5.41) is 2.84. The first-order valence-electron chi connectivity index (χ1n) is 7.96. The van der Waals surface area contributed by atoms with Gasteiger partial charge in [-0.25, -0.2) is 4.79 Å². The van der Waals surface area contributed by atoms with Crippen LogP contribution in [0.5, 0.6) is 0 Å². The third kappa shape index (κ3) is 3.77. The molecular formula is C16H27N3O2. The SMILES string of the molecule is C=CCNC(=O)N1CC[C@H]2CC(=O)N(C(C)C)CC[C@H]2C1. The summed E-state index contributed by atoms with van der Waals surface area (Å²) >= 11 is 0. The molecule has 2 rings (SSSR count). The average Bonchev–Trinajstić information content (AvgIpc) is 2.62. The minimum Gasteiger partial charge on any atom is -0.340 e. The van der Waals surface area contributed by atoms with Gasteiger partial charge in [0.25, 0.3) is 0 Å². The highest BCUT2D eigenvalue weighted by molar-refractivity contribution is 5.77. The third-order valence-corrected chi connectivity index (χ3v) is 4.70. The van der Waals surface area contributed by atoms with Gasteiger partial charge in [0, 0.05) is 38.6 Å². The van der Waals surface area contributed by atoms with E-state index >= 15 is 0 Å². The quantitative estimate of drug-likeness (QED) is 0.807. The van der Waals surface area contributed by atoms with Crippen LogP contribution < -0.4 is 5.32 Å². The molecule has 0 aliphatic carbocycles. The topological polar surface area (TPSA) is 52.7 Å². The highest BCUT2D eigenvalue weighted by Crippen LogP contribution is 2.32. The molecule has 5 nitrogen and oxygen atoms in total. The minimum absolute atomic E-state index is 0.00959.